The van der Waals surface area contributed by atoms with E-state index in [-0.39, 0.29) is 34.3 Å². The molecular weight excluding hydrogens is 398 g/mol. The molecule has 0 spiro atoms. The predicted molar refractivity (Wildman–Crippen MR) is 120 cm³/mol. The molecule has 2 aliphatic rings. The Balaban J connectivity index is 2.15. The molecule has 0 unspecified atom stereocenters. The van der Waals surface area contributed by atoms with Crippen molar-refractivity contribution in [2.45, 2.75) is 89.0 Å². The summed E-state index contributed by atoms with van der Waals surface area (Å²) in [6.07, 6.45) is 8.74. The number of aromatic hydroxyl groups is 2. The normalized spacial score (nSPS) is 22.0. The molecule has 3 rings (SSSR count). The van der Waals surface area contributed by atoms with E-state index in [0.29, 0.717) is 17.5 Å². The van der Waals surface area contributed by atoms with E-state index in [9.17, 15) is 18.6 Å². The third kappa shape index (κ3) is 4.92. The highest BCUT2D eigenvalue weighted by Crippen LogP contribution is 2.49. The second kappa shape index (κ2) is 9.15. The molecule has 0 radical (unpaired) electrons. The lowest BCUT2D eigenvalue weighted by Crippen LogP contribution is -2.27. The SMILES string of the molecule is C=C(C)[C@@H]1CCC(C)=C[C@H]1c1c(O)cc(CCCCC)c(S(=O)(=O)NC2CC2)c1O. The van der Waals surface area contributed by atoms with Gasteiger partial charge in [0, 0.05) is 17.5 Å². The van der Waals surface area contributed by atoms with Gasteiger partial charge in [-0.2, -0.15) is 0 Å². The number of phenols is 2. The first-order chi connectivity index (χ1) is 14.2. The van der Waals surface area contributed by atoms with Gasteiger partial charge in [-0.15, -0.1) is 0 Å². The van der Waals surface area contributed by atoms with Crippen molar-refractivity contribution in [3.63, 3.8) is 0 Å². The number of rotatable bonds is 9. The average Bonchev–Trinajstić information content (AvgIpc) is 3.44. The van der Waals surface area contributed by atoms with Gasteiger partial charge in [0.25, 0.3) is 0 Å². The van der Waals surface area contributed by atoms with Gasteiger partial charge in [-0.05, 0) is 69.9 Å². The van der Waals surface area contributed by atoms with Crippen molar-refractivity contribution < 1.29 is 18.6 Å². The number of phenolic OH excluding ortho intramolecular Hbond substituents is 2. The van der Waals surface area contributed by atoms with Gasteiger partial charge in [-0.3, -0.25) is 0 Å². The third-order valence-corrected chi connectivity index (χ3v) is 7.92. The lowest BCUT2D eigenvalue weighted by Gasteiger charge is -2.32. The minimum Gasteiger partial charge on any atom is -0.507 e. The van der Waals surface area contributed by atoms with Crippen LogP contribution in [0.2, 0.25) is 0 Å². The lowest BCUT2D eigenvalue weighted by atomic mass is 9.73. The number of hydrogen-bond acceptors (Lipinski definition) is 4. The zero-order chi connectivity index (χ0) is 22.1. The number of benzene rings is 1. The largest absolute Gasteiger partial charge is 0.507 e. The van der Waals surface area contributed by atoms with E-state index in [1.165, 1.54) is 5.57 Å². The fourth-order valence-electron chi connectivity index (χ4n) is 4.47. The standard InChI is InChI=1S/C24H35NO4S/c1-5-6-7-8-17-14-21(26)22(20-13-16(4)9-12-19(20)15(2)3)23(27)24(17)30(28,29)25-18-10-11-18/h13-14,18-20,25-27H,2,5-12H2,1,3-4H3/t19-,20+/m0/s1. The van der Waals surface area contributed by atoms with Crippen molar-refractivity contribution in [3.8, 4) is 11.5 Å². The van der Waals surface area contributed by atoms with Crippen LogP contribution in [0, 0.1) is 5.92 Å². The van der Waals surface area contributed by atoms with E-state index >= 15 is 0 Å². The van der Waals surface area contributed by atoms with Crippen LogP contribution >= 0.6 is 0 Å². The van der Waals surface area contributed by atoms with Crippen molar-refractivity contribution in [2.24, 2.45) is 5.92 Å². The number of unbranched alkanes of at least 4 members (excludes halogenated alkanes) is 2. The Labute approximate surface area is 181 Å². The monoisotopic (exact) mass is 433 g/mol. The molecule has 2 aliphatic carbocycles. The van der Waals surface area contributed by atoms with Gasteiger partial charge >= 0.3 is 0 Å². The van der Waals surface area contributed by atoms with Crippen molar-refractivity contribution in [1.82, 2.24) is 4.72 Å². The first-order valence-electron chi connectivity index (χ1n) is 11.1. The molecule has 2 atom stereocenters. The number of sulfonamides is 1. The van der Waals surface area contributed by atoms with Gasteiger partial charge < -0.3 is 10.2 Å². The van der Waals surface area contributed by atoms with Gasteiger partial charge in [0.05, 0.1) is 0 Å². The zero-order valence-corrected chi connectivity index (χ0v) is 19.2. The van der Waals surface area contributed by atoms with E-state index in [4.69, 9.17) is 0 Å². The molecule has 5 nitrogen and oxygen atoms in total. The maximum Gasteiger partial charge on any atom is 0.244 e. The lowest BCUT2D eigenvalue weighted by molar-refractivity contribution is 0.397. The maximum absolute atomic E-state index is 13.2. The van der Waals surface area contributed by atoms with Gasteiger partial charge in [-0.25, -0.2) is 13.1 Å². The minimum atomic E-state index is -3.88. The summed E-state index contributed by atoms with van der Waals surface area (Å²) in [6, 6.07) is 1.49. The third-order valence-electron chi connectivity index (χ3n) is 6.28. The van der Waals surface area contributed by atoms with Crippen LogP contribution in [0.4, 0.5) is 0 Å². The summed E-state index contributed by atoms with van der Waals surface area (Å²) in [5.41, 5.74) is 2.93. The number of aryl methyl sites for hydroxylation is 1. The molecule has 1 saturated carbocycles. The highest BCUT2D eigenvalue weighted by molar-refractivity contribution is 7.89. The van der Waals surface area contributed by atoms with Gasteiger partial charge in [0.2, 0.25) is 10.0 Å². The first-order valence-corrected chi connectivity index (χ1v) is 12.6. The molecule has 0 aromatic heterocycles. The van der Waals surface area contributed by atoms with Crippen LogP contribution < -0.4 is 4.72 Å². The Kier molecular flexibility index (Phi) is 6.98. The molecular formula is C24H35NO4S. The Morgan fingerprint density at radius 3 is 2.53 bits per heavy atom. The van der Waals surface area contributed by atoms with E-state index in [0.717, 1.165) is 50.5 Å². The Bertz CT molecular complexity index is 944. The first kappa shape index (κ1) is 22.9. The Morgan fingerprint density at radius 2 is 1.93 bits per heavy atom. The van der Waals surface area contributed by atoms with Gasteiger partial charge in [0.15, 0.2) is 0 Å². The van der Waals surface area contributed by atoms with Crippen molar-refractivity contribution in [1.29, 1.82) is 0 Å². The quantitative estimate of drug-likeness (QED) is 0.365. The molecule has 166 valence electrons. The van der Waals surface area contributed by atoms with E-state index < -0.39 is 10.0 Å². The van der Waals surface area contributed by atoms with Crippen LogP contribution in [0.25, 0.3) is 0 Å². The Morgan fingerprint density at radius 1 is 1.23 bits per heavy atom. The smallest absolute Gasteiger partial charge is 0.244 e. The molecule has 1 aromatic carbocycles. The molecule has 0 aliphatic heterocycles. The maximum atomic E-state index is 13.2. The molecule has 0 amide bonds. The van der Waals surface area contributed by atoms with Crippen LogP contribution in [0.15, 0.2) is 34.8 Å². The molecule has 0 bridgehead atoms. The molecule has 3 N–H and O–H groups in total. The highest BCUT2D eigenvalue weighted by Gasteiger charge is 2.36. The van der Waals surface area contributed by atoms with Crippen LogP contribution in [-0.2, 0) is 16.4 Å². The summed E-state index contributed by atoms with van der Waals surface area (Å²) in [5, 5.41) is 22.2. The molecule has 6 heteroatoms. The summed E-state index contributed by atoms with van der Waals surface area (Å²) < 4.78 is 29.1. The summed E-state index contributed by atoms with van der Waals surface area (Å²) >= 11 is 0. The Hall–Kier alpha value is -1.79. The van der Waals surface area contributed by atoms with Crippen molar-refractivity contribution in [2.75, 3.05) is 0 Å². The van der Waals surface area contributed by atoms with E-state index in [1.54, 1.807) is 6.07 Å². The van der Waals surface area contributed by atoms with Gasteiger partial charge in [0.1, 0.15) is 16.4 Å². The summed E-state index contributed by atoms with van der Waals surface area (Å²) in [7, 11) is -3.88. The molecule has 0 saturated heterocycles. The zero-order valence-electron chi connectivity index (χ0n) is 18.4. The van der Waals surface area contributed by atoms with E-state index in [1.807, 2.05) is 19.9 Å². The molecule has 1 aromatic rings. The van der Waals surface area contributed by atoms with Crippen LogP contribution in [0.3, 0.4) is 0 Å². The number of allylic oxidation sites excluding steroid dienone is 3. The second-order valence-corrected chi connectivity index (χ2v) is 10.7. The summed E-state index contributed by atoms with van der Waals surface area (Å²) in [4.78, 5) is -0.0598. The van der Waals surface area contributed by atoms with Gasteiger partial charge in [-0.1, -0.05) is 43.6 Å². The number of nitrogens with one attached hydrogen (secondary N) is 1. The fourth-order valence-corrected chi connectivity index (χ4v) is 6.13. The fraction of sp³-hybridized carbons (Fsp3) is 0.583. The second-order valence-electron chi connectivity index (χ2n) is 9.03. The van der Waals surface area contributed by atoms with Crippen LogP contribution in [-0.4, -0.2) is 24.7 Å². The van der Waals surface area contributed by atoms with Crippen LogP contribution in [0.1, 0.15) is 82.8 Å². The average molecular weight is 434 g/mol. The molecule has 1 fully saturated rings. The molecule has 30 heavy (non-hydrogen) atoms. The van der Waals surface area contributed by atoms with Crippen LogP contribution in [0.5, 0.6) is 11.5 Å². The summed E-state index contributed by atoms with van der Waals surface area (Å²) in [6.45, 7) is 10.2. The topological polar surface area (TPSA) is 86.6 Å². The summed E-state index contributed by atoms with van der Waals surface area (Å²) in [5.74, 6) is -0.595. The minimum absolute atomic E-state index is 0.0356. The van der Waals surface area contributed by atoms with Crippen molar-refractivity contribution in [3.05, 3.63) is 41.0 Å². The number of hydrogen-bond donors (Lipinski definition) is 3. The molecule has 0 heterocycles. The predicted octanol–water partition coefficient (Wildman–Crippen LogP) is 5.29. The van der Waals surface area contributed by atoms with Crippen molar-refractivity contribution >= 4 is 10.0 Å². The highest BCUT2D eigenvalue weighted by atomic mass is 32.2. The van der Waals surface area contributed by atoms with E-state index in [2.05, 4.69) is 18.2 Å².